The van der Waals surface area contributed by atoms with Crippen LogP contribution in [0.1, 0.15) is 37.5 Å². The fourth-order valence-electron chi connectivity index (χ4n) is 6.07. The van der Waals surface area contributed by atoms with Gasteiger partial charge in [-0.3, -0.25) is 9.59 Å². The molecule has 7 rings (SSSR count). The van der Waals surface area contributed by atoms with Crippen LogP contribution in [0.2, 0.25) is 0 Å². The molecule has 8 nitrogen and oxygen atoms in total. The van der Waals surface area contributed by atoms with Crippen molar-refractivity contribution in [1.82, 2.24) is 15.2 Å². The van der Waals surface area contributed by atoms with Crippen molar-refractivity contribution >= 4 is 34.1 Å². The molecule has 3 aliphatic heterocycles. The maximum atomic E-state index is 14.3. The van der Waals surface area contributed by atoms with Crippen LogP contribution in [0.15, 0.2) is 60.7 Å². The molecular formula is C31H29F2N5O3. The Balaban J connectivity index is 1.28. The maximum Gasteiger partial charge on any atom is 0.241 e. The molecule has 0 bridgehead atoms. The third kappa shape index (κ3) is 4.83. The number of anilines is 2. The number of nitrogens with one attached hydrogen (secondary N) is 4. The van der Waals surface area contributed by atoms with E-state index >= 15 is 0 Å². The Bertz CT molecular complexity index is 1650. The molecule has 0 radical (unpaired) electrons. The second-order valence-electron chi connectivity index (χ2n) is 10.8. The smallest absolute Gasteiger partial charge is 0.241 e. The number of rotatable bonds is 5. The van der Waals surface area contributed by atoms with Crippen LogP contribution in [0.25, 0.3) is 22.2 Å². The summed E-state index contributed by atoms with van der Waals surface area (Å²) in [6.45, 7) is 1.64. The van der Waals surface area contributed by atoms with Crippen LogP contribution in [0.5, 0.6) is 5.75 Å². The lowest BCUT2D eigenvalue weighted by Crippen LogP contribution is -2.35. The molecule has 3 aromatic carbocycles. The van der Waals surface area contributed by atoms with Gasteiger partial charge in [0, 0.05) is 40.0 Å². The Kier molecular flexibility index (Phi) is 6.44. The minimum absolute atomic E-state index is 0.0741. The lowest BCUT2D eigenvalue weighted by molar-refractivity contribution is -0.118. The van der Waals surface area contributed by atoms with Gasteiger partial charge in [-0.25, -0.2) is 8.78 Å². The van der Waals surface area contributed by atoms with Gasteiger partial charge >= 0.3 is 0 Å². The molecule has 1 aromatic heterocycles. The quantitative estimate of drug-likeness (QED) is 0.280. The number of halogens is 2. The van der Waals surface area contributed by atoms with Gasteiger partial charge in [-0.1, -0.05) is 0 Å². The van der Waals surface area contributed by atoms with E-state index in [-0.39, 0.29) is 23.9 Å². The monoisotopic (exact) mass is 557 g/mol. The van der Waals surface area contributed by atoms with Crippen molar-refractivity contribution in [2.24, 2.45) is 0 Å². The van der Waals surface area contributed by atoms with Crippen molar-refractivity contribution in [3.05, 3.63) is 77.9 Å². The second-order valence-corrected chi connectivity index (χ2v) is 10.8. The number of fused-ring (bicyclic) bond motifs is 5. The highest BCUT2D eigenvalue weighted by molar-refractivity contribution is 5.99. The number of benzene rings is 3. The van der Waals surface area contributed by atoms with Gasteiger partial charge in [0.05, 0.1) is 23.3 Å². The van der Waals surface area contributed by atoms with E-state index in [0.717, 1.165) is 67.0 Å². The molecule has 4 aromatic rings. The maximum absolute atomic E-state index is 14.3. The Labute approximate surface area is 235 Å². The summed E-state index contributed by atoms with van der Waals surface area (Å²) in [7, 11) is 0. The van der Waals surface area contributed by atoms with Gasteiger partial charge in [0.25, 0.3) is 0 Å². The first kappa shape index (κ1) is 25.7. The summed E-state index contributed by atoms with van der Waals surface area (Å²) in [5.74, 6) is -1.12. The number of amides is 2. The SMILES string of the molecule is O=C(Nc1ccc2c(c1)O[C@@H](c1cc(F)cc(F)c1)n1c-2cc2cc(NC(=O)[C@@H]3CCCN3)ccc21)[C@@H]1CCCN1. The molecule has 41 heavy (non-hydrogen) atoms. The van der Waals surface area contributed by atoms with E-state index in [9.17, 15) is 18.4 Å². The zero-order chi connectivity index (χ0) is 28.1. The fraction of sp³-hybridized carbons (Fsp3) is 0.290. The number of aromatic nitrogens is 1. The predicted molar refractivity (Wildman–Crippen MR) is 152 cm³/mol. The summed E-state index contributed by atoms with van der Waals surface area (Å²) in [5.41, 5.74) is 3.87. The highest BCUT2D eigenvalue weighted by Crippen LogP contribution is 2.45. The summed E-state index contributed by atoms with van der Waals surface area (Å²) >= 11 is 0. The van der Waals surface area contributed by atoms with E-state index in [2.05, 4.69) is 21.3 Å². The van der Waals surface area contributed by atoms with Gasteiger partial charge in [-0.05, 0) is 87.3 Å². The lowest BCUT2D eigenvalue weighted by Gasteiger charge is -2.30. The van der Waals surface area contributed by atoms with Gasteiger partial charge in [-0.15, -0.1) is 0 Å². The van der Waals surface area contributed by atoms with Crippen LogP contribution in [-0.2, 0) is 9.59 Å². The molecule has 4 heterocycles. The summed E-state index contributed by atoms with van der Waals surface area (Å²) < 4.78 is 37.0. The van der Waals surface area contributed by atoms with Gasteiger partial charge < -0.3 is 30.6 Å². The zero-order valence-electron chi connectivity index (χ0n) is 22.2. The molecule has 3 atom stereocenters. The Morgan fingerprint density at radius 3 is 2.07 bits per heavy atom. The average Bonchev–Trinajstić information content (AvgIpc) is 3.73. The van der Waals surface area contributed by atoms with Gasteiger partial charge in [-0.2, -0.15) is 0 Å². The second kappa shape index (κ2) is 10.3. The molecule has 0 aliphatic carbocycles. The minimum Gasteiger partial charge on any atom is -0.465 e. The van der Waals surface area contributed by atoms with E-state index in [4.69, 9.17) is 4.74 Å². The van der Waals surface area contributed by atoms with Crippen molar-refractivity contribution in [3.63, 3.8) is 0 Å². The van der Waals surface area contributed by atoms with E-state index in [1.165, 1.54) is 12.1 Å². The van der Waals surface area contributed by atoms with Crippen LogP contribution in [0, 0.1) is 11.6 Å². The number of hydrogen-bond acceptors (Lipinski definition) is 5. The average molecular weight is 558 g/mol. The molecule has 0 spiro atoms. The Morgan fingerprint density at radius 1 is 0.805 bits per heavy atom. The van der Waals surface area contributed by atoms with E-state index in [1.54, 1.807) is 6.07 Å². The van der Waals surface area contributed by atoms with Crippen LogP contribution in [0.4, 0.5) is 20.2 Å². The molecule has 0 saturated carbocycles. The molecule has 4 N–H and O–H groups in total. The van der Waals surface area contributed by atoms with E-state index < -0.39 is 17.9 Å². The first-order valence-electron chi connectivity index (χ1n) is 13.9. The number of carbonyl (C=O) groups excluding carboxylic acids is 2. The van der Waals surface area contributed by atoms with Crippen molar-refractivity contribution in [2.45, 2.75) is 44.0 Å². The summed E-state index contributed by atoms with van der Waals surface area (Å²) in [5, 5.41) is 13.2. The number of ether oxygens (including phenoxy) is 1. The molecule has 0 unspecified atom stereocenters. The van der Waals surface area contributed by atoms with E-state index in [0.29, 0.717) is 22.7 Å². The van der Waals surface area contributed by atoms with Crippen molar-refractivity contribution < 1.29 is 23.1 Å². The highest BCUT2D eigenvalue weighted by atomic mass is 19.1. The third-order valence-electron chi connectivity index (χ3n) is 8.03. The molecule has 2 fully saturated rings. The number of hydrogen-bond donors (Lipinski definition) is 4. The first-order valence-corrected chi connectivity index (χ1v) is 13.9. The molecule has 3 aliphatic rings. The van der Waals surface area contributed by atoms with Crippen molar-refractivity contribution in [3.8, 4) is 17.0 Å². The number of nitrogens with zero attached hydrogens (tertiary/aromatic N) is 1. The van der Waals surface area contributed by atoms with Crippen LogP contribution < -0.4 is 26.0 Å². The summed E-state index contributed by atoms with van der Waals surface area (Å²) in [6, 6.07) is 15.9. The standard InChI is InChI=1S/C31H29F2N5O3/c32-19-11-18(12-20(33)15-19)31-38-26-8-6-21(36-29(39)24-3-1-9-34-24)13-17(26)14-27(38)23-7-5-22(16-28(23)41-31)37-30(40)25-4-2-10-35-25/h5-8,11-16,24-25,31,34-35H,1-4,9-10H2,(H,36,39)(H,37,40)/t24-,25-,31-/m0/s1. The predicted octanol–water partition coefficient (Wildman–Crippen LogP) is 4.91. The zero-order valence-corrected chi connectivity index (χ0v) is 22.2. The number of carbonyl (C=O) groups is 2. The normalized spacial score (nSPS) is 21.3. The van der Waals surface area contributed by atoms with Crippen LogP contribution in [-0.4, -0.2) is 41.6 Å². The molecule has 2 saturated heterocycles. The molecule has 10 heteroatoms. The summed E-state index contributed by atoms with van der Waals surface area (Å²) in [6.07, 6.45) is 2.62. The molecular weight excluding hydrogens is 528 g/mol. The third-order valence-corrected chi connectivity index (χ3v) is 8.03. The first-order chi connectivity index (χ1) is 19.9. The van der Waals surface area contributed by atoms with Gasteiger partial charge in [0.1, 0.15) is 17.4 Å². The van der Waals surface area contributed by atoms with Crippen molar-refractivity contribution in [2.75, 3.05) is 23.7 Å². The molecule has 210 valence electrons. The van der Waals surface area contributed by atoms with Gasteiger partial charge in [0.15, 0.2) is 0 Å². The largest absolute Gasteiger partial charge is 0.465 e. The van der Waals surface area contributed by atoms with Gasteiger partial charge in [0.2, 0.25) is 18.0 Å². The highest BCUT2D eigenvalue weighted by Gasteiger charge is 2.31. The Hall–Kier alpha value is -4.28. The topological polar surface area (TPSA) is 96.4 Å². The van der Waals surface area contributed by atoms with Crippen LogP contribution in [0.3, 0.4) is 0 Å². The van der Waals surface area contributed by atoms with Crippen molar-refractivity contribution in [1.29, 1.82) is 0 Å². The fourth-order valence-corrected chi connectivity index (χ4v) is 6.07. The van der Waals surface area contributed by atoms with Crippen LogP contribution >= 0.6 is 0 Å². The lowest BCUT2D eigenvalue weighted by atomic mass is 10.1. The minimum atomic E-state index is -0.870. The van der Waals surface area contributed by atoms with E-state index in [1.807, 2.05) is 41.0 Å². The summed E-state index contributed by atoms with van der Waals surface area (Å²) in [4.78, 5) is 25.4. The molecule has 2 amide bonds. The Morgan fingerprint density at radius 2 is 1.44 bits per heavy atom.